The first-order valence-corrected chi connectivity index (χ1v) is 6.88. The van der Waals surface area contributed by atoms with Gasteiger partial charge < -0.3 is 10.6 Å². The van der Waals surface area contributed by atoms with Crippen LogP contribution in [0.1, 0.15) is 38.2 Å². The summed E-state index contributed by atoms with van der Waals surface area (Å²) in [4.78, 5) is 6.75. The molecule has 0 amide bonds. The molecule has 1 aromatic rings. The molecule has 3 nitrogen and oxygen atoms in total. The summed E-state index contributed by atoms with van der Waals surface area (Å²) < 4.78 is 0. The minimum Gasteiger partial charge on any atom is -0.370 e. The Morgan fingerprint density at radius 3 is 2.44 bits per heavy atom. The van der Waals surface area contributed by atoms with Crippen LogP contribution >= 0.6 is 0 Å². The minimum absolute atomic E-state index is 0.435. The highest BCUT2D eigenvalue weighted by molar-refractivity contribution is 5.94. The van der Waals surface area contributed by atoms with Gasteiger partial charge in [-0.25, -0.2) is 4.99 Å². The third kappa shape index (κ3) is 3.03. The van der Waals surface area contributed by atoms with Crippen LogP contribution in [0.5, 0.6) is 0 Å². The van der Waals surface area contributed by atoms with E-state index in [1.54, 1.807) is 0 Å². The highest BCUT2D eigenvalue weighted by Crippen LogP contribution is 2.22. The van der Waals surface area contributed by atoms with Gasteiger partial charge in [-0.2, -0.15) is 0 Å². The lowest BCUT2D eigenvalue weighted by atomic mass is 10.2. The Morgan fingerprint density at radius 1 is 1.28 bits per heavy atom. The van der Waals surface area contributed by atoms with Crippen LogP contribution in [0.4, 0.5) is 5.69 Å². The number of hydrogen-bond acceptors (Lipinski definition) is 1. The smallest absolute Gasteiger partial charge is 0.196 e. The second kappa shape index (κ2) is 5.89. The summed E-state index contributed by atoms with van der Waals surface area (Å²) in [5.41, 5.74) is 8.55. The van der Waals surface area contributed by atoms with E-state index in [1.165, 1.54) is 31.2 Å². The normalized spacial score (nSPS) is 17.1. The van der Waals surface area contributed by atoms with Gasteiger partial charge in [0, 0.05) is 12.2 Å². The Labute approximate surface area is 110 Å². The van der Waals surface area contributed by atoms with E-state index in [1.807, 2.05) is 0 Å². The first-order chi connectivity index (χ1) is 8.70. The van der Waals surface area contributed by atoms with E-state index >= 15 is 0 Å². The molecule has 2 rings (SSSR count). The summed E-state index contributed by atoms with van der Waals surface area (Å²) in [7, 11) is 0. The highest BCUT2D eigenvalue weighted by atomic mass is 15.3. The molecular weight excluding hydrogens is 222 g/mol. The van der Waals surface area contributed by atoms with E-state index in [2.05, 4.69) is 48.0 Å². The molecular formula is C15H23N3. The maximum atomic E-state index is 6.15. The molecule has 0 aliphatic heterocycles. The van der Waals surface area contributed by atoms with Gasteiger partial charge in [0.15, 0.2) is 5.96 Å². The first-order valence-electron chi connectivity index (χ1n) is 6.88. The molecule has 98 valence electrons. The molecule has 1 aliphatic rings. The van der Waals surface area contributed by atoms with Crippen molar-refractivity contribution >= 4 is 11.6 Å². The second-order valence-corrected chi connectivity index (χ2v) is 5.01. The zero-order valence-corrected chi connectivity index (χ0v) is 11.4. The zero-order valence-electron chi connectivity index (χ0n) is 11.4. The Hall–Kier alpha value is -1.51. The molecule has 1 fully saturated rings. The van der Waals surface area contributed by atoms with Gasteiger partial charge in [-0.15, -0.1) is 0 Å². The van der Waals surface area contributed by atoms with Crippen molar-refractivity contribution < 1.29 is 0 Å². The molecule has 1 saturated carbocycles. The van der Waals surface area contributed by atoms with Gasteiger partial charge in [0.2, 0.25) is 0 Å². The number of guanidine groups is 1. The fraction of sp³-hybridized carbons (Fsp3) is 0.533. The summed E-state index contributed by atoms with van der Waals surface area (Å²) in [6.45, 7) is 5.05. The molecule has 0 heterocycles. The van der Waals surface area contributed by atoms with Crippen LogP contribution in [0.15, 0.2) is 29.3 Å². The maximum absolute atomic E-state index is 6.15. The van der Waals surface area contributed by atoms with Gasteiger partial charge in [-0.3, -0.25) is 0 Å². The summed E-state index contributed by atoms with van der Waals surface area (Å²) in [6.07, 6.45) is 4.95. The lowest BCUT2D eigenvalue weighted by molar-refractivity contribution is 0.702. The van der Waals surface area contributed by atoms with E-state index in [4.69, 9.17) is 5.73 Å². The number of aliphatic imine (C=N–C) groups is 1. The van der Waals surface area contributed by atoms with Crippen LogP contribution in [0, 0.1) is 6.92 Å². The lowest BCUT2D eigenvalue weighted by Gasteiger charge is -2.23. The number of rotatable bonds is 3. The van der Waals surface area contributed by atoms with Crippen LogP contribution < -0.4 is 10.6 Å². The van der Waals surface area contributed by atoms with Crippen molar-refractivity contribution in [2.45, 2.75) is 45.6 Å². The minimum atomic E-state index is 0.435. The van der Waals surface area contributed by atoms with Crippen molar-refractivity contribution in [1.82, 2.24) is 0 Å². The van der Waals surface area contributed by atoms with E-state index in [0.717, 1.165) is 12.2 Å². The molecule has 0 saturated heterocycles. The Balaban J connectivity index is 2.14. The number of hydrogen-bond donors (Lipinski definition) is 1. The molecule has 0 spiro atoms. The summed E-state index contributed by atoms with van der Waals surface area (Å²) in [5, 5.41) is 0. The summed E-state index contributed by atoms with van der Waals surface area (Å²) in [6, 6.07) is 8.87. The van der Waals surface area contributed by atoms with Gasteiger partial charge in [0.25, 0.3) is 0 Å². The topological polar surface area (TPSA) is 41.6 Å². The predicted molar refractivity (Wildman–Crippen MR) is 78.1 cm³/mol. The van der Waals surface area contributed by atoms with E-state index < -0.39 is 0 Å². The Bertz CT molecular complexity index is 402. The molecule has 1 aromatic carbocycles. The number of benzene rings is 1. The third-order valence-electron chi connectivity index (χ3n) is 3.58. The van der Waals surface area contributed by atoms with Crippen LogP contribution in [0.2, 0.25) is 0 Å². The van der Waals surface area contributed by atoms with Crippen LogP contribution in [-0.2, 0) is 0 Å². The van der Waals surface area contributed by atoms with Crippen LogP contribution in [0.3, 0.4) is 0 Å². The van der Waals surface area contributed by atoms with Gasteiger partial charge in [0.1, 0.15) is 0 Å². The van der Waals surface area contributed by atoms with Crippen molar-refractivity contribution in [3.8, 4) is 0 Å². The Morgan fingerprint density at radius 2 is 1.89 bits per heavy atom. The predicted octanol–water partition coefficient (Wildman–Crippen LogP) is 3.08. The van der Waals surface area contributed by atoms with Crippen molar-refractivity contribution in [2.24, 2.45) is 10.7 Å². The molecule has 0 bridgehead atoms. The fourth-order valence-corrected chi connectivity index (χ4v) is 2.49. The monoisotopic (exact) mass is 245 g/mol. The van der Waals surface area contributed by atoms with Gasteiger partial charge >= 0.3 is 0 Å². The zero-order chi connectivity index (χ0) is 13.0. The summed E-state index contributed by atoms with van der Waals surface area (Å²) in [5.74, 6) is 0.660. The second-order valence-electron chi connectivity index (χ2n) is 5.01. The van der Waals surface area contributed by atoms with Gasteiger partial charge in [-0.05, 0) is 38.8 Å². The third-order valence-corrected chi connectivity index (χ3v) is 3.58. The number of nitrogens with two attached hydrogens (primary N) is 1. The van der Waals surface area contributed by atoms with Crippen molar-refractivity contribution in [3.05, 3.63) is 29.8 Å². The van der Waals surface area contributed by atoms with Gasteiger partial charge in [-0.1, -0.05) is 30.5 Å². The van der Waals surface area contributed by atoms with Crippen molar-refractivity contribution in [2.75, 3.05) is 11.4 Å². The molecule has 0 aromatic heterocycles. The standard InChI is InChI=1S/C15H23N3/c1-3-18(14-10-8-12(2)9-11-14)15(16)17-13-6-4-5-7-13/h8-11,13H,3-7H2,1-2H3,(H2,16,17). The van der Waals surface area contributed by atoms with Crippen LogP contribution in [-0.4, -0.2) is 18.5 Å². The Kier molecular flexibility index (Phi) is 4.24. The molecule has 0 atom stereocenters. The average molecular weight is 245 g/mol. The molecule has 2 N–H and O–H groups in total. The lowest BCUT2D eigenvalue weighted by Crippen LogP contribution is -2.38. The van der Waals surface area contributed by atoms with Gasteiger partial charge in [0.05, 0.1) is 6.04 Å². The fourth-order valence-electron chi connectivity index (χ4n) is 2.49. The van der Waals surface area contributed by atoms with Crippen molar-refractivity contribution in [3.63, 3.8) is 0 Å². The first kappa shape index (κ1) is 12.9. The molecule has 3 heteroatoms. The quantitative estimate of drug-likeness (QED) is 0.657. The molecule has 1 aliphatic carbocycles. The summed E-state index contributed by atoms with van der Waals surface area (Å²) >= 11 is 0. The number of aryl methyl sites for hydroxylation is 1. The van der Waals surface area contributed by atoms with Crippen LogP contribution in [0.25, 0.3) is 0 Å². The average Bonchev–Trinajstić information content (AvgIpc) is 2.85. The number of anilines is 1. The van der Waals surface area contributed by atoms with E-state index in [-0.39, 0.29) is 0 Å². The molecule has 18 heavy (non-hydrogen) atoms. The molecule has 0 radical (unpaired) electrons. The highest BCUT2D eigenvalue weighted by Gasteiger charge is 2.16. The van der Waals surface area contributed by atoms with E-state index in [0.29, 0.717) is 12.0 Å². The number of nitrogens with zero attached hydrogens (tertiary/aromatic N) is 2. The van der Waals surface area contributed by atoms with E-state index in [9.17, 15) is 0 Å². The maximum Gasteiger partial charge on any atom is 0.196 e. The molecule has 0 unspecified atom stereocenters. The SMILES string of the molecule is CCN(C(N)=NC1CCCC1)c1ccc(C)cc1. The largest absolute Gasteiger partial charge is 0.370 e. The van der Waals surface area contributed by atoms with Crippen molar-refractivity contribution in [1.29, 1.82) is 0 Å².